The van der Waals surface area contributed by atoms with Gasteiger partial charge in [-0.3, -0.25) is 9.59 Å². The van der Waals surface area contributed by atoms with Crippen LogP contribution in [-0.2, 0) is 9.59 Å². The Morgan fingerprint density at radius 3 is 2.57 bits per heavy atom. The molecule has 0 saturated carbocycles. The third kappa shape index (κ3) is 3.07. The van der Waals surface area contributed by atoms with Crippen LogP contribution in [0.4, 0.5) is 5.69 Å². The zero-order valence-corrected chi connectivity index (χ0v) is 11.3. The van der Waals surface area contributed by atoms with Gasteiger partial charge in [-0.2, -0.15) is 15.0 Å². The van der Waals surface area contributed by atoms with Crippen molar-refractivity contribution >= 4 is 17.5 Å². The molecule has 1 aromatic heterocycles. The van der Waals surface area contributed by atoms with Crippen LogP contribution in [-0.4, -0.2) is 33.4 Å². The molecule has 1 aromatic carbocycles. The minimum absolute atomic E-state index is 0.00938. The predicted molar refractivity (Wildman–Crippen MR) is 75.7 cm³/mol. The average Bonchev–Trinajstić information content (AvgIpc) is 3.03. The summed E-state index contributed by atoms with van der Waals surface area (Å²) in [5.74, 6) is -0.231. The van der Waals surface area contributed by atoms with Crippen LogP contribution in [0.2, 0.25) is 0 Å². The number of amides is 2. The van der Waals surface area contributed by atoms with Crippen LogP contribution in [0.1, 0.15) is 12.8 Å². The Morgan fingerprint density at radius 1 is 1.24 bits per heavy atom. The number of anilines is 1. The van der Waals surface area contributed by atoms with E-state index in [4.69, 9.17) is 0 Å². The number of carbonyl (C=O) groups excluding carboxylic acids is 2. The molecule has 21 heavy (non-hydrogen) atoms. The monoisotopic (exact) mass is 285 g/mol. The van der Waals surface area contributed by atoms with Gasteiger partial charge in [0, 0.05) is 18.7 Å². The second kappa shape index (κ2) is 5.74. The number of nitrogens with zero attached hydrogens (tertiary/aromatic N) is 3. The third-order valence-corrected chi connectivity index (χ3v) is 3.42. The van der Waals surface area contributed by atoms with Crippen LogP contribution >= 0.6 is 0 Å². The lowest BCUT2D eigenvalue weighted by atomic mass is 9.98. The van der Waals surface area contributed by atoms with Crippen molar-refractivity contribution < 1.29 is 9.59 Å². The minimum atomic E-state index is -0.171. The van der Waals surface area contributed by atoms with Gasteiger partial charge in [0.1, 0.15) is 0 Å². The number of carbonyl (C=O) groups is 2. The van der Waals surface area contributed by atoms with E-state index in [2.05, 4.69) is 20.8 Å². The van der Waals surface area contributed by atoms with E-state index < -0.39 is 0 Å². The summed E-state index contributed by atoms with van der Waals surface area (Å²) >= 11 is 0. The first-order chi connectivity index (χ1) is 10.2. The molecular weight excluding hydrogens is 270 g/mol. The lowest BCUT2D eigenvalue weighted by molar-refractivity contribution is -0.126. The first kappa shape index (κ1) is 13.3. The molecule has 1 aliphatic rings. The molecule has 0 bridgehead atoms. The molecule has 0 radical (unpaired) electrons. The van der Waals surface area contributed by atoms with E-state index in [1.54, 1.807) is 24.5 Å². The number of rotatable bonds is 3. The number of piperidine rings is 1. The zero-order chi connectivity index (χ0) is 14.7. The van der Waals surface area contributed by atoms with Crippen LogP contribution in [0.5, 0.6) is 0 Å². The summed E-state index contributed by atoms with van der Waals surface area (Å²) < 4.78 is 0. The van der Waals surface area contributed by atoms with Crippen molar-refractivity contribution in [2.45, 2.75) is 12.8 Å². The van der Waals surface area contributed by atoms with Gasteiger partial charge < -0.3 is 10.6 Å². The zero-order valence-electron chi connectivity index (χ0n) is 11.3. The molecule has 108 valence electrons. The van der Waals surface area contributed by atoms with Gasteiger partial charge in [0.05, 0.1) is 24.0 Å². The standard InChI is InChI=1S/C14H15N5O2/c20-13-6-1-10(9-15-13)14(21)18-11-2-4-12(5-3-11)19-16-7-8-17-19/h2-5,7-8,10H,1,6,9H2,(H,15,20)(H,18,21). The third-order valence-electron chi connectivity index (χ3n) is 3.42. The molecule has 1 atom stereocenters. The Balaban J connectivity index is 1.62. The molecule has 2 aromatic rings. The first-order valence-corrected chi connectivity index (χ1v) is 6.77. The summed E-state index contributed by atoms with van der Waals surface area (Å²) in [5.41, 5.74) is 1.54. The molecule has 1 unspecified atom stereocenters. The molecule has 1 aliphatic heterocycles. The lowest BCUT2D eigenvalue weighted by Gasteiger charge is -2.21. The van der Waals surface area contributed by atoms with Gasteiger partial charge in [-0.05, 0) is 30.7 Å². The van der Waals surface area contributed by atoms with Crippen LogP contribution < -0.4 is 10.6 Å². The normalized spacial score (nSPS) is 18.1. The van der Waals surface area contributed by atoms with E-state index >= 15 is 0 Å². The number of nitrogens with one attached hydrogen (secondary N) is 2. The van der Waals surface area contributed by atoms with E-state index in [1.807, 2.05) is 12.1 Å². The molecule has 1 saturated heterocycles. The van der Waals surface area contributed by atoms with Crippen LogP contribution in [0, 0.1) is 5.92 Å². The number of hydrogen-bond donors (Lipinski definition) is 2. The molecular formula is C14H15N5O2. The smallest absolute Gasteiger partial charge is 0.229 e. The summed E-state index contributed by atoms with van der Waals surface area (Å²) in [5, 5.41) is 13.6. The van der Waals surface area contributed by atoms with E-state index in [0.29, 0.717) is 25.1 Å². The Hall–Kier alpha value is -2.70. The largest absolute Gasteiger partial charge is 0.355 e. The van der Waals surface area contributed by atoms with Crippen molar-refractivity contribution in [3.63, 3.8) is 0 Å². The van der Waals surface area contributed by atoms with E-state index in [0.717, 1.165) is 5.69 Å². The van der Waals surface area contributed by atoms with Crippen molar-refractivity contribution in [2.75, 3.05) is 11.9 Å². The van der Waals surface area contributed by atoms with Gasteiger partial charge >= 0.3 is 0 Å². The van der Waals surface area contributed by atoms with Gasteiger partial charge in [-0.25, -0.2) is 0 Å². The minimum Gasteiger partial charge on any atom is -0.355 e. The molecule has 1 fully saturated rings. The van der Waals surface area contributed by atoms with Gasteiger partial charge in [0.25, 0.3) is 0 Å². The highest BCUT2D eigenvalue weighted by atomic mass is 16.2. The van der Waals surface area contributed by atoms with Gasteiger partial charge in [-0.1, -0.05) is 0 Å². The average molecular weight is 285 g/mol. The summed E-state index contributed by atoms with van der Waals surface area (Å²) in [6, 6.07) is 7.27. The van der Waals surface area contributed by atoms with Crippen LogP contribution in [0.3, 0.4) is 0 Å². The maximum Gasteiger partial charge on any atom is 0.229 e. The molecule has 7 nitrogen and oxygen atoms in total. The van der Waals surface area contributed by atoms with Crippen molar-refractivity contribution in [2.24, 2.45) is 5.92 Å². The molecule has 7 heteroatoms. The summed E-state index contributed by atoms with van der Waals surface area (Å²) in [6.45, 7) is 0.403. The summed E-state index contributed by atoms with van der Waals surface area (Å²) in [7, 11) is 0. The van der Waals surface area contributed by atoms with Crippen molar-refractivity contribution in [1.82, 2.24) is 20.3 Å². The highest BCUT2D eigenvalue weighted by Gasteiger charge is 2.24. The number of hydrogen-bond acceptors (Lipinski definition) is 4. The van der Waals surface area contributed by atoms with Crippen LogP contribution in [0.15, 0.2) is 36.7 Å². The highest BCUT2D eigenvalue weighted by molar-refractivity contribution is 5.94. The van der Waals surface area contributed by atoms with Gasteiger partial charge in [-0.15, -0.1) is 0 Å². The maximum atomic E-state index is 12.1. The molecule has 2 N–H and O–H groups in total. The van der Waals surface area contributed by atoms with Crippen LogP contribution in [0.25, 0.3) is 5.69 Å². The van der Waals surface area contributed by atoms with E-state index in [-0.39, 0.29) is 17.7 Å². The molecule has 2 heterocycles. The number of aromatic nitrogens is 3. The quantitative estimate of drug-likeness (QED) is 0.870. The second-order valence-corrected chi connectivity index (χ2v) is 4.89. The van der Waals surface area contributed by atoms with Gasteiger partial charge in [0.15, 0.2) is 0 Å². The SMILES string of the molecule is O=C1CCC(C(=O)Nc2ccc(-n3nccn3)cc2)CN1. The fourth-order valence-electron chi connectivity index (χ4n) is 2.23. The Bertz CT molecular complexity index is 626. The Morgan fingerprint density at radius 2 is 1.95 bits per heavy atom. The van der Waals surface area contributed by atoms with Gasteiger partial charge in [0.2, 0.25) is 11.8 Å². The van der Waals surface area contributed by atoms with Crippen molar-refractivity contribution in [1.29, 1.82) is 0 Å². The highest BCUT2D eigenvalue weighted by Crippen LogP contribution is 2.16. The molecule has 3 rings (SSSR count). The fraction of sp³-hybridized carbons (Fsp3) is 0.286. The molecule has 0 aliphatic carbocycles. The van der Waals surface area contributed by atoms with Crippen molar-refractivity contribution in [3.8, 4) is 5.69 Å². The lowest BCUT2D eigenvalue weighted by Crippen LogP contribution is -2.40. The van der Waals surface area contributed by atoms with E-state index in [9.17, 15) is 9.59 Å². The Kier molecular flexibility index (Phi) is 3.63. The Labute approximate surface area is 121 Å². The topological polar surface area (TPSA) is 88.9 Å². The van der Waals surface area contributed by atoms with E-state index in [1.165, 1.54) is 4.80 Å². The number of benzene rings is 1. The molecule has 0 spiro atoms. The molecule has 2 amide bonds. The first-order valence-electron chi connectivity index (χ1n) is 6.77. The summed E-state index contributed by atoms with van der Waals surface area (Å²) in [4.78, 5) is 24.7. The summed E-state index contributed by atoms with van der Waals surface area (Å²) in [6.07, 6.45) is 4.20. The maximum absolute atomic E-state index is 12.1. The second-order valence-electron chi connectivity index (χ2n) is 4.89. The van der Waals surface area contributed by atoms with Crippen molar-refractivity contribution in [3.05, 3.63) is 36.7 Å². The predicted octanol–water partition coefficient (Wildman–Crippen LogP) is 0.732. The fourth-order valence-corrected chi connectivity index (χ4v) is 2.23.